The SMILES string of the molecule is N#CCN(C(=O)COC(=O)c1cc2cc(Cl)ccc2o1)c1ccccc1. The molecule has 0 saturated carbocycles. The molecule has 7 heteroatoms. The van der Waals surface area contributed by atoms with Crippen molar-refractivity contribution >= 4 is 40.1 Å². The fourth-order valence-corrected chi connectivity index (χ4v) is 2.57. The summed E-state index contributed by atoms with van der Waals surface area (Å²) in [5, 5.41) is 10.1. The third-order valence-electron chi connectivity index (χ3n) is 3.60. The van der Waals surface area contributed by atoms with Crippen molar-refractivity contribution < 1.29 is 18.7 Å². The fraction of sp³-hybridized carbons (Fsp3) is 0.105. The van der Waals surface area contributed by atoms with Crippen LogP contribution in [0, 0.1) is 11.3 Å². The van der Waals surface area contributed by atoms with Crippen LogP contribution in [0.15, 0.2) is 59.0 Å². The number of nitrogens with zero attached hydrogens (tertiary/aromatic N) is 2. The standard InChI is InChI=1S/C19H13ClN2O4/c20-14-6-7-16-13(10-14)11-17(26-16)19(24)25-12-18(23)22(9-8-21)15-4-2-1-3-5-15/h1-7,10-11H,9,12H2. The molecule has 1 heterocycles. The minimum absolute atomic E-state index is 0.0263. The van der Waals surface area contributed by atoms with Crippen molar-refractivity contribution in [1.29, 1.82) is 5.26 Å². The van der Waals surface area contributed by atoms with Gasteiger partial charge >= 0.3 is 5.97 Å². The molecule has 3 rings (SSSR count). The Balaban J connectivity index is 1.69. The van der Waals surface area contributed by atoms with Crippen LogP contribution in [0.4, 0.5) is 5.69 Å². The molecule has 0 aliphatic rings. The summed E-state index contributed by atoms with van der Waals surface area (Å²) in [6.45, 7) is -0.656. The molecule has 0 N–H and O–H groups in total. The largest absolute Gasteiger partial charge is 0.450 e. The Morgan fingerprint density at radius 2 is 1.92 bits per heavy atom. The number of anilines is 1. The highest BCUT2D eigenvalue weighted by atomic mass is 35.5. The van der Waals surface area contributed by atoms with Gasteiger partial charge in [-0.05, 0) is 36.4 Å². The summed E-state index contributed by atoms with van der Waals surface area (Å²) in [4.78, 5) is 25.7. The number of para-hydroxylation sites is 1. The van der Waals surface area contributed by atoms with Crippen LogP contribution in [0.1, 0.15) is 10.6 Å². The van der Waals surface area contributed by atoms with Crippen molar-refractivity contribution in [2.75, 3.05) is 18.1 Å². The molecule has 0 aliphatic heterocycles. The zero-order valence-corrected chi connectivity index (χ0v) is 14.3. The predicted octanol–water partition coefficient (Wildman–Crippen LogP) is 3.80. The van der Waals surface area contributed by atoms with E-state index >= 15 is 0 Å². The number of hydrogen-bond acceptors (Lipinski definition) is 5. The maximum atomic E-state index is 12.3. The van der Waals surface area contributed by atoms with Crippen LogP contribution in [0.3, 0.4) is 0 Å². The quantitative estimate of drug-likeness (QED) is 0.505. The molecule has 0 aliphatic carbocycles. The van der Waals surface area contributed by atoms with Gasteiger partial charge in [0.2, 0.25) is 5.76 Å². The van der Waals surface area contributed by atoms with Crippen LogP contribution in [0.25, 0.3) is 11.0 Å². The number of carbonyl (C=O) groups is 2. The number of hydrogen-bond donors (Lipinski definition) is 0. The van der Waals surface area contributed by atoms with Gasteiger partial charge in [-0.1, -0.05) is 29.8 Å². The second-order valence-electron chi connectivity index (χ2n) is 5.34. The van der Waals surface area contributed by atoms with Gasteiger partial charge in [-0.25, -0.2) is 4.79 Å². The lowest BCUT2D eigenvalue weighted by molar-refractivity contribution is -0.121. The maximum absolute atomic E-state index is 12.3. The average molecular weight is 369 g/mol. The van der Waals surface area contributed by atoms with Crippen LogP contribution in [0.5, 0.6) is 0 Å². The molecule has 0 unspecified atom stereocenters. The highest BCUT2D eigenvalue weighted by molar-refractivity contribution is 6.31. The van der Waals surface area contributed by atoms with Crippen molar-refractivity contribution in [2.45, 2.75) is 0 Å². The number of carbonyl (C=O) groups excluding carboxylic acids is 2. The second kappa shape index (κ2) is 7.72. The molecular weight excluding hydrogens is 356 g/mol. The van der Waals surface area contributed by atoms with E-state index in [-0.39, 0.29) is 12.3 Å². The molecule has 0 radical (unpaired) electrons. The highest BCUT2D eigenvalue weighted by Gasteiger charge is 2.20. The Hall–Kier alpha value is -3.30. The van der Waals surface area contributed by atoms with Crippen LogP contribution in [0.2, 0.25) is 5.02 Å². The molecule has 130 valence electrons. The Kier molecular flexibility index (Phi) is 5.20. The molecule has 26 heavy (non-hydrogen) atoms. The van der Waals surface area contributed by atoms with E-state index in [1.807, 2.05) is 6.07 Å². The highest BCUT2D eigenvalue weighted by Crippen LogP contribution is 2.23. The van der Waals surface area contributed by atoms with E-state index in [1.165, 1.54) is 11.0 Å². The van der Waals surface area contributed by atoms with Crippen LogP contribution >= 0.6 is 11.6 Å². The van der Waals surface area contributed by atoms with Crippen molar-refractivity contribution in [3.8, 4) is 6.07 Å². The van der Waals surface area contributed by atoms with Crippen molar-refractivity contribution in [2.24, 2.45) is 0 Å². The third kappa shape index (κ3) is 3.85. The summed E-state index contributed by atoms with van der Waals surface area (Å²) >= 11 is 5.90. The smallest absolute Gasteiger partial charge is 0.374 e. The van der Waals surface area contributed by atoms with Crippen LogP contribution in [-0.2, 0) is 9.53 Å². The summed E-state index contributed by atoms with van der Waals surface area (Å²) in [5.41, 5.74) is 1.04. The van der Waals surface area contributed by atoms with E-state index in [0.717, 1.165) is 0 Å². The van der Waals surface area contributed by atoms with E-state index in [1.54, 1.807) is 48.5 Å². The molecule has 6 nitrogen and oxygen atoms in total. The summed E-state index contributed by atoms with van der Waals surface area (Å²) in [5.74, 6) is -1.30. The van der Waals surface area contributed by atoms with Gasteiger partial charge in [0.15, 0.2) is 6.61 Å². The zero-order chi connectivity index (χ0) is 18.5. The van der Waals surface area contributed by atoms with E-state index in [2.05, 4.69) is 0 Å². The molecule has 0 bridgehead atoms. The monoisotopic (exact) mass is 368 g/mol. The summed E-state index contributed by atoms with van der Waals surface area (Å²) < 4.78 is 10.4. The molecule has 0 fully saturated rings. The number of amides is 1. The lowest BCUT2D eigenvalue weighted by atomic mass is 10.2. The topological polar surface area (TPSA) is 83.5 Å². The van der Waals surface area contributed by atoms with Crippen molar-refractivity contribution in [3.63, 3.8) is 0 Å². The van der Waals surface area contributed by atoms with Gasteiger partial charge in [-0.2, -0.15) is 5.26 Å². The van der Waals surface area contributed by atoms with Gasteiger partial charge in [0, 0.05) is 16.1 Å². The number of esters is 1. The molecule has 0 spiro atoms. The Bertz CT molecular complexity index is 992. The van der Waals surface area contributed by atoms with E-state index < -0.39 is 18.5 Å². The first-order chi connectivity index (χ1) is 12.6. The second-order valence-corrected chi connectivity index (χ2v) is 5.78. The average Bonchev–Trinajstić information content (AvgIpc) is 3.07. The first kappa shape index (κ1) is 17.5. The fourth-order valence-electron chi connectivity index (χ4n) is 2.39. The van der Waals surface area contributed by atoms with E-state index in [9.17, 15) is 9.59 Å². The molecule has 3 aromatic rings. The van der Waals surface area contributed by atoms with E-state index in [0.29, 0.717) is 21.7 Å². The normalized spacial score (nSPS) is 10.3. The number of benzene rings is 2. The number of halogens is 1. The van der Waals surface area contributed by atoms with Gasteiger partial charge in [0.05, 0.1) is 6.07 Å². The third-order valence-corrected chi connectivity index (χ3v) is 3.84. The van der Waals surface area contributed by atoms with Gasteiger partial charge in [-0.15, -0.1) is 0 Å². The van der Waals surface area contributed by atoms with Gasteiger partial charge in [-0.3, -0.25) is 9.69 Å². The van der Waals surface area contributed by atoms with Gasteiger partial charge < -0.3 is 9.15 Å². The summed E-state index contributed by atoms with van der Waals surface area (Å²) in [6.07, 6.45) is 0. The van der Waals surface area contributed by atoms with Crippen molar-refractivity contribution in [3.05, 3.63) is 65.4 Å². The molecule has 0 saturated heterocycles. The van der Waals surface area contributed by atoms with Crippen LogP contribution in [-0.4, -0.2) is 25.0 Å². The van der Waals surface area contributed by atoms with Crippen LogP contribution < -0.4 is 4.90 Å². The molecule has 0 atom stereocenters. The van der Waals surface area contributed by atoms with E-state index in [4.69, 9.17) is 26.0 Å². The lowest BCUT2D eigenvalue weighted by Crippen LogP contribution is -2.35. The molecule has 1 aromatic heterocycles. The molecule has 2 aromatic carbocycles. The van der Waals surface area contributed by atoms with Gasteiger partial charge in [0.25, 0.3) is 5.91 Å². The summed E-state index contributed by atoms with van der Waals surface area (Å²) in [7, 11) is 0. The molecule has 1 amide bonds. The predicted molar refractivity (Wildman–Crippen MR) is 95.9 cm³/mol. The maximum Gasteiger partial charge on any atom is 0.374 e. The minimum Gasteiger partial charge on any atom is -0.450 e. The number of ether oxygens (including phenoxy) is 1. The first-order valence-electron chi connectivity index (χ1n) is 7.67. The lowest BCUT2D eigenvalue weighted by Gasteiger charge is -2.19. The Labute approximate surface area is 154 Å². The first-order valence-corrected chi connectivity index (χ1v) is 8.05. The number of fused-ring (bicyclic) bond motifs is 1. The zero-order valence-electron chi connectivity index (χ0n) is 13.5. The van der Waals surface area contributed by atoms with Gasteiger partial charge in [0.1, 0.15) is 12.1 Å². The Morgan fingerprint density at radius 1 is 1.15 bits per heavy atom. The number of furan rings is 1. The number of rotatable bonds is 5. The number of nitriles is 1. The molecular formula is C19H13ClN2O4. The minimum atomic E-state index is -0.768. The summed E-state index contributed by atoms with van der Waals surface area (Å²) in [6, 6.07) is 17.1. The van der Waals surface area contributed by atoms with Crippen molar-refractivity contribution in [1.82, 2.24) is 0 Å². The Morgan fingerprint density at radius 3 is 2.65 bits per heavy atom.